The maximum atomic E-state index is 13.1. The molecule has 2 amide bonds. The van der Waals surface area contributed by atoms with E-state index in [1.165, 1.54) is 17.0 Å². The number of carbonyl (C=O) groups is 2. The Bertz CT molecular complexity index is 1260. The van der Waals surface area contributed by atoms with Crippen LogP contribution in [0.5, 0.6) is 0 Å². The van der Waals surface area contributed by atoms with E-state index < -0.39 is 27.7 Å². The van der Waals surface area contributed by atoms with Gasteiger partial charge in [0.1, 0.15) is 11.9 Å². The first kappa shape index (κ1) is 21.1. The summed E-state index contributed by atoms with van der Waals surface area (Å²) >= 11 is 5.96. The van der Waals surface area contributed by atoms with Gasteiger partial charge in [0.05, 0.1) is 4.90 Å². The average Bonchev–Trinajstić information content (AvgIpc) is 3.06. The second-order valence-electron chi connectivity index (χ2n) is 7.25. The summed E-state index contributed by atoms with van der Waals surface area (Å²) < 4.78 is 25.3. The Morgan fingerprint density at radius 1 is 1.00 bits per heavy atom. The first-order valence-electron chi connectivity index (χ1n) is 9.53. The van der Waals surface area contributed by atoms with Crippen molar-refractivity contribution in [3.05, 3.63) is 94.5 Å². The van der Waals surface area contributed by atoms with Gasteiger partial charge >= 0.3 is 0 Å². The highest BCUT2D eigenvalue weighted by Crippen LogP contribution is 2.38. The zero-order valence-electron chi connectivity index (χ0n) is 16.6. The third-order valence-electron chi connectivity index (χ3n) is 5.13. The topological polar surface area (TPSA) is 83.5 Å². The van der Waals surface area contributed by atoms with Gasteiger partial charge in [0.25, 0.3) is 5.91 Å². The Balaban J connectivity index is 1.63. The number of nitrogens with zero attached hydrogens (tertiary/aromatic N) is 1. The van der Waals surface area contributed by atoms with Crippen molar-refractivity contribution in [2.45, 2.75) is 17.9 Å². The fourth-order valence-electron chi connectivity index (χ4n) is 3.53. The maximum absolute atomic E-state index is 13.1. The number of halogens is 1. The van der Waals surface area contributed by atoms with Crippen molar-refractivity contribution < 1.29 is 18.0 Å². The van der Waals surface area contributed by atoms with Crippen molar-refractivity contribution in [1.82, 2.24) is 5.32 Å². The van der Waals surface area contributed by atoms with E-state index >= 15 is 0 Å². The van der Waals surface area contributed by atoms with Crippen molar-refractivity contribution in [2.24, 2.45) is 0 Å². The van der Waals surface area contributed by atoms with Gasteiger partial charge in [-0.2, -0.15) is 0 Å². The van der Waals surface area contributed by atoms with Crippen molar-refractivity contribution in [2.75, 3.05) is 10.8 Å². The molecule has 0 saturated heterocycles. The molecule has 1 aliphatic heterocycles. The van der Waals surface area contributed by atoms with E-state index in [0.29, 0.717) is 21.8 Å². The van der Waals surface area contributed by atoms with E-state index in [2.05, 4.69) is 5.32 Å². The molecule has 1 unspecified atom stereocenters. The highest BCUT2D eigenvalue weighted by molar-refractivity contribution is 7.91. The van der Waals surface area contributed by atoms with E-state index in [4.69, 9.17) is 11.6 Å². The van der Waals surface area contributed by atoms with Gasteiger partial charge < -0.3 is 5.32 Å². The standard InChI is InChI=1S/C23H19ClN2O4S/c1-15-6-12-18(13-7-15)31(29,30)14-25-22(27)21-19-4-2-3-5-20(19)23(28)26(21)17-10-8-16(24)9-11-17/h2-13,21H,14H2,1H3,(H,25,27). The number of hydrogen-bond donors (Lipinski definition) is 1. The van der Waals surface area contributed by atoms with E-state index in [0.717, 1.165) is 5.56 Å². The molecule has 0 spiro atoms. The number of hydrogen-bond acceptors (Lipinski definition) is 4. The van der Waals surface area contributed by atoms with Gasteiger partial charge in [0, 0.05) is 16.3 Å². The van der Waals surface area contributed by atoms with Gasteiger partial charge in [-0.15, -0.1) is 0 Å². The average molecular weight is 455 g/mol. The zero-order chi connectivity index (χ0) is 22.2. The quantitative estimate of drug-likeness (QED) is 0.633. The van der Waals surface area contributed by atoms with Crippen LogP contribution in [0.25, 0.3) is 0 Å². The number of rotatable bonds is 5. The van der Waals surface area contributed by atoms with Gasteiger partial charge in [0.15, 0.2) is 9.84 Å². The van der Waals surface area contributed by atoms with Crippen LogP contribution in [0.1, 0.15) is 27.5 Å². The molecule has 1 heterocycles. The molecule has 158 valence electrons. The number of benzene rings is 3. The molecular formula is C23H19ClN2O4S. The number of amides is 2. The summed E-state index contributed by atoms with van der Waals surface area (Å²) in [5.41, 5.74) is 2.35. The molecule has 3 aromatic carbocycles. The number of aryl methyl sites for hydroxylation is 1. The Morgan fingerprint density at radius 3 is 2.32 bits per heavy atom. The van der Waals surface area contributed by atoms with Gasteiger partial charge in [-0.1, -0.05) is 47.5 Å². The Labute approximate surface area is 185 Å². The molecule has 0 aliphatic carbocycles. The minimum atomic E-state index is -3.73. The van der Waals surface area contributed by atoms with Crippen LogP contribution >= 0.6 is 11.6 Å². The number of carbonyl (C=O) groups excluding carboxylic acids is 2. The monoisotopic (exact) mass is 454 g/mol. The highest BCUT2D eigenvalue weighted by Gasteiger charge is 2.42. The third-order valence-corrected chi connectivity index (χ3v) is 6.90. The molecule has 0 fully saturated rings. The second-order valence-corrected chi connectivity index (χ2v) is 9.68. The molecule has 0 bridgehead atoms. The van der Waals surface area contributed by atoms with Crippen molar-refractivity contribution in [1.29, 1.82) is 0 Å². The van der Waals surface area contributed by atoms with Gasteiger partial charge in [-0.3, -0.25) is 14.5 Å². The summed E-state index contributed by atoms with van der Waals surface area (Å²) in [6.07, 6.45) is 0. The molecule has 0 radical (unpaired) electrons. The lowest BCUT2D eigenvalue weighted by Gasteiger charge is -2.24. The molecular weight excluding hydrogens is 436 g/mol. The summed E-state index contributed by atoms with van der Waals surface area (Å²) in [5.74, 6) is -1.49. The van der Waals surface area contributed by atoms with Crippen LogP contribution in [0, 0.1) is 6.92 Å². The minimum absolute atomic E-state index is 0.121. The summed E-state index contributed by atoms with van der Waals surface area (Å²) in [5, 5.41) is 3.00. The number of anilines is 1. The van der Waals surface area contributed by atoms with E-state index in [1.54, 1.807) is 60.7 Å². The van der Waals surface area contributed by atoms with Gasteiger partial charge in [0.2, 0.25) is 5.91 Å². The highest BCUT2D eigenvalue weighted by atomic mass is 35.5. The van der Waals surface area contributed by atoms with Crippen molar-refractivity contribution >= 4 is 38.9 Å². The predicted octanol–water partition coefficient (Wildman–Crippen LogP) is 3.90. The van der Waals surface area contributed by atoms with Gasteiger partial charge in [-0.25, -0.2) is 8.42 Å². The number of nitrogens with one attached hydrogen (secondary N) is 1. The summed E-state index contributed by atoms with van der Waals surface area (Å²) in [7, 11) is -3.73. The molecule has 1 aliphatic rings. The Kier molecular flexibility index (Phi) is 5.56. The third kappa shape index (κ3) is 4.06. The molecule has 0 aromatic heterocycles. The van der Waals surface area contributed by atoms with Crippen LogP contribution in [0.4, 0.5) is 5.69 Å². The molecule has 4 rings (SSSR count). The Hall–Kier alpha value is -3.16. The van der Waals surface area contributed by atoms with Gasteiger partial charge in [-0.05, 0) is 55.0 Å². The predicted molar refractivity (Wildman–Crippen MR) is 119 cm³/mol. The van der Waals surface area contributed by atoms with Crippen LogP contribution in [0.3, 0.4) is 0 Å². The van der Waals surface area contributed by atoms with Crippen molar-refractivity contribution in [3.8, 4) is 0 Å². The Morgan fingerprint density at radius 2 is 1.65 bits per heavy atom. The summed E-state index contributed by atoms with van der Waals surface area (Å²) in [4.78, 5) is 27.7. The lowest BCUT2D eigenvalue weighted by atomic mass is 10.0. The summed E-state index contributed by atoms with van der Waals surface area (Å²) in [6.45, 7) is 1.86. The van der Waals surface area contributed by atoms with Crippen LogP contribution in [-0.4, -0.2) is 26.1 Å². The first-order valence-corrected chi connectivity index (χ1v) is 11.6. The normalized spacial score (nSPS) is 15.6. The lowest BCUT2D eigenvalue weighted by molar-refractivity contribution is -0.122. The molecule has 0 saturated carbocycles. The second kappa shape index (κ2) is 8.17. The fraction of sp³-hybridized carbons (Fsp3) is 0.130. The number of fused-ring (bicyclic) bond motifs is 1. The minimum Gasteiger partial charge on any atom is -0.340 e. The molecule has 1 atom stereocenters. The van der Waals surface area contributed by atoms with E-state index in [9.17, 15) is 18.0 Å². The first-order chi connectivity index (χ1) is 14.8. The fourth-order valence-corrected chi connectivity index (χ4v) is 4.71. The number of sulfone groups is 1. The molecule has 31 heavy (non-hydrogen) atoms. The molecule has 1 N–H and O–H groups in total. The van der Waals surface area contributed by atoms with Crippen LogP contribution < -0.4 is 10.2 Å². The van der Waals surface area contributed by atoms with Crippen molar-refractivity contribution in [3.63, 3.8) is 0 Å². The molecule has 8 heteroatoms. The molecule has 3 aromatic rings. The van der Waals surface area contributed by atoms with Crippen LogP contribution in [0.2, 0.25) is 5.02 Å². The zero-order valence-corrected chi connectivity index (χ0v) is 18.2. The van der Waals surface area contributed by atoms with E-state index in [-0.39, 0.29) is 10.8 Å². The maximum Gasteiger partial charge on any atom is 0.259 e. The van der Waals surface area contributed by atoms with Crippen LogP contribution in [0.15, 0.2) is 77.7 Å². The van der Waals surface area contributed by atoms with E-state index in [1.807, 2.05) is 6.92 Å². The lowest BCUT2D eigenvalue weighted by Crippen LogP contribution is -2.41. The summed E-state index contributed by atoms with van der Waals surface area (Å²) in [6, 6.07) is 18.8. The largest absolute Gasteiger partial charge is 0.340 e. The van der Waals surface area contributed by atoms with Crippen LogP contribution in [-0.2, 0) is 14.6 Å². The molecule has 6 nitrogen and oxygen atoms in total. The smallest absolute Gasteiger partial charge is 0.259 e. The SMILES string of the molecule is Cc1ccc(S(=O)(=O)CNC(=O)C2c3ccccc3C(=O)N2c2ccc(Cl)cc2)cc1.